The third-order valence-electron chi connectivity index (χ3n) is 2.85. The molecule has 0 radical (unpaired) electrons. The van der Waals surface area contributed by atoms with Crippen LogP contribution in [0, 0.1) is 0 Å². The van der Waals surface area contributed by atoms with E-state index in [-0.39, 0.29) is 5.56 Å². The van der Waals surface area contributed by atoms with E-state index in [9.17, 15) is 9.59 Å². The number of rotatable bonds is 4. The van der Waals surface area contributed by atoms with E-state index in [1.54, 1.807) is 6.07 Å². The summed E-state index contributed by atoms with van der Waals surface area (Å²) in [5.74, 6) is -0.109. The van der Waals surface area contributed by atoms with Crippen LogP contribution in [0.25, 0.3) is 0 Å². The summed E-state index contributed by atoms with van der Waals surface area (Å²) in [6.07, 6.45) is 1.35. The van der Waals surface area contributed by atoms with Gasteiger partial charge in [-0.25, -0.2) is 9.78 Å². The number of carbonyl (C=O) groups is 2. The summed E-state index contributed by atoms with van der Waals surface area (Å²) in [6.45, 7) is 0.391. The Morgan fingerprint density at radius 2 is 1.90 bits per heavy atom. The molecular weight excluding hydrogens is 270 g/mol. The molecule has 0 bridgehead atoms. The molecule has 0 fully saturated rings. The molecule has 0 saturated carbocycles. The third kappa shape index (κ3) is 3.79. The molecule has 0 unspecified atom stereocenters. The number of ether oxygens (including phenoxy) is 1. The van der Waals surface area contributed by atoms with Crippen molar-refractivity contribution in [2.75, 3.05) is 7.05 Å². The minimum absolute atomic E-state index is 0.267. The summed E-state index contributed by atoms with van der Waals surface area (Å²) in [5.41, 5.74) is 6.33. The van der Waals surface area contributed by atoms with E-state index >= 15 is 0 Å². The second kappa shape index (κ2) is 6.51. The van der Waals surface area contributed by atoms with Crippen molar-refractivity contribution in [3.63, 3.8) is 0 Å². The number of nitrogens with two attached hydrogens (primary N) is 1. The number of primary amides is 1. The maximum absolute atomic E-state index is 11.8. The Bertz CT molecular complexity index is 626. The summed E-state index contributed by atoms with van der Waals surface area (Å²) in [4.78, 5) is 27.6. The maximum atomic E-state index is 11.8. The molecule has 6 nitrogen and oxygen atoms in total. The minimum Gasteiger partial charge on any atom is -0.473 e. The monoisotopic (exact) mass is 285 g/mol. The van der Waals surface area contributed by atoms with E-state index in [0.29, 0.717) is 12.5 Å². The molecule has 0 saturated heterocycles. The van der Waals surface area contributed by atoms with Crippen molar-refractivity contribution in [2.45, 2.75) is 6.61 Å². The van der Waals surface area contributed by atoms with Gasteiger partial charge in [0.25, 0.3) is 5.91 Å². The molecule has 108 valence electrons. The number of imide groups is 1. The quantitative estimate of drug-likeness (QED) is 0.928. The smallest absolute Gasteiger partial charge is 0.321 e. The lowest BCUT2D eigenvalue weighted by molar-refractivity contribution is 0.0837. The van der Waals surface area contributed by atoms with Crippen LogP contribution in [0.1, 0.15) is 15.9 Å². The lowest BCUT2D eigenvalue weighted by atomic mass is 10.2. The fourth-order valence-electron chi connectivity index (χ4n) is 1.62. The van der Waals surface area contributed by atoms with E-state index in [2.05, 4.69) is 4.98 Å². The largest absolute Gasteiger partial charge is 0.473 e. The Morgan fingerprint density at radius 3 is 2.48 bits per heavy atom. The van der Waals surface area contributed by atoms with E-state index < -0.39 is 11.9 Å². The zero-order valence-electron chi connectivity index (χ0n) is 11.5. The first kappa shape index (κ1) is 14.5. The second-order valence-electron chi connectivity index (χ2n) is 4.36. The fourth-order valence-corrected chi connectivity index (χ4v) is 1.62. The van der Waals surface area contributed by atoms with Crippen molar-refractivity contribution in [3.8, 4) is 5.88 Å². The molecule has 2 rings (SSSR count). The second-order valence-corrected chi connectivity index (χ2v) is 4.36. The number of urea groups is 1. The van der Waals surface area contributed by atoms with Crippen molar-refractivity contribution >= 4 is 11.9 Å². The first-order chi connectivity index (χ1) is 10.1. The number of benzene rings is 1. The molecule has 2 N–H and O–H groups in total. The number of aromatic nitrogens is 1. The van der Waals surface area contributed by atoms with Gasteiger partial charge in [-0.05, 0) is 11.6 Å². The molecule has 1 aromatic carbocycles. The van der Waals surface area contributed by atoms with Crippen molar-refractivity contribution in [2.24, 2.45) is 5.73 Å². The van der Waals surface area contributed by atoms with Crippen molar-refractivity contribution in [1.29, 1.82) is 0 Å². The zero-order valence-corrected chi connectivity index (χ0v) is 11.5. The molecule has 21 heavy (non-hydrogen) atoms. The van der Waals surface area contributed by atoms with Crippen LogP contribution < -0.4 is 10.5 Å². The number of amides is 3. The molecule has 0 aliphatic rings. The summed E-state index contributed by atoms with van der Waals surface area (Å²) in [6, 6.07) is 12.0. The summed E-state index contributed by atoms with van der Waals surface area (Å²) in [7, 11) is 1.31. The predicted octanol–water partition coefficient (Wildman–Crippen LogP) is 1.81. The Hall–Kier alpha value is -2.89. The fraction of sp³-hybridized carbons (Fsp3) is 0.133. The zero-order chi connectivity index (χ0) is 15.2. The van der Waals surface area contributed by atoms with Gasteiger partial charge in [0.1, 0.15) is 6.61 Å². The maximum Gasteiger partial charge on any atom is 0.321 e. The van der Waals surface area contributed by atoms with E-state index in [4.69, 9.17) is 10.5 Å². The lowest BCUT2D eigenvalue weighted by Crippen LogP contribution is -2.37. The van der Waals surface area contributed by atoms with Gasteiger partial charge in [0.05, 0.1) is 5.56 Å². The van der Waals surface area contributed by atoms with E-state index in [1.807, 2.05) is 30.3 Å². The van der Waals surface area contributed by atoms with Crippen LogP contribution in [-0.4, -0.2) is 28.9 Å². The first-order valence-electron chi connectivity index (χ1n) is 6.28. The van der Waals surface area contributed by atoms with Gasteiger partial charge in [-0.2, -0.15) is 0 Å². The van der Waals surface area contributed by atoms with Gasteiger partial charge in [-0.15, -0.1) is 0 Å². The SMILES string of the molecule is CN(C(N)=O)C(=O)c1ccc(OCc2ccccc2)nc1. The van der Waals surface area contributed by atoms with E-state index in [0.717, 1.165) is 10.5 Å². The summed E-state index contributed by atoms with van der Waals surface area (Å²) in [5, 5.41) is 0. The van der Waals surface area contributed by atoms with Crippen LogP contribution in [0.5, 0.6) is 5.88 Å². The Kier molecular flexibility index (Phi) is 4.50. The Morgan fingerprint density at radius 1 is 1.19 bits per heavy atom. The highest BCUT2D eigenvalue weighted by Gasteiger charge is 2.16. The standard InChI is InChI=1S/C15H15N3O3/c1-18(15(16)20)14(19)12-7-8-13(17-9-12)21-10-11-5-3-2-4-6-11/h2-9H,10H2,1H3,(H2,16,20). The van der Waals surface area contributed by atoms with Crippen LogP contribution in [-0.2, 0) is 6.61 Å². The van der Waals surface area contributed by atoms with Crippen molar-refractivity contribution in [1.82, 2.24) is 9.88 Å². The topological polar surface area (TPSA) is 85.5 Å². The molecule has 0 aliphatic heterocycles. The molecule has 0 aliphatic carbocycles. The van der Waals surface area contributed by atoms with Crippen LogP contribution in [0.15, 0.2) is 48.7 Å². The average molecular weight is 285 g/mol. The molecule has 0 atom stereocenters. The first-order valence-corrected chi connectivity index (χ1v) is 6.28. The highest BCUT2D eigenvalue weighted by molar-refractivity contribution is 6.03. The number of hydrogen-bond acceptors (Lipinski definition) is 4. The van der Waals surface area contributed by atoms with E-state index in [1.165, 1.54) is 19.3 Å². The molecule has 0 spiro atoms. The van der Waals surface area contributed by atoms with Gasteiger partial charge in [0, 0.05) is 19.3 Å². The molecule has 3 amide bonds. The summed E-state index contributed by atoms with van der Waals surface area (Å²) >= 11 is 0. The van der Waals surface area contributed by atoms with Crippen LogP contribution >= 0.6 is 0 Å². The molecule has 1 aromatic heterocycles. The van der Waals surface area contributed by atoms with Gasteiger partial charge in [-0.1, -0.05) is 30.3 Å². The Balaban J connectivity index is 1.99. The highest BCUT2D eigenvalue weighted by atomic mass is 16.5. The van der Waals surface area contributed by atoms with Crippen molar-refractivity contribution < 1.29 is 14.3 Å². The molecule has 6 heteroatoms. The van der Waals surface area contributed by atoms with Gasteiger partial charge < -0.3 is 10.5 Å². The van der Waals surface area contributed by atoms with Gasteiger partial charge in [0.15, 0.2) is 0 Å². The minimum atomic E-state index is -0.815. The molecule has 2 aromatic rings. The predicted molar refractivity (Wildman–Crippen MR) is 76.7 cm³/mol. The molecule has 1 heterocycles. The van der Waals surface area contributed by atoms with Gasteiger partial charge in [-0.3, -0.25) is 9.69 Å². The van der Waals surface area contributed by atoms with Crippen LogP contribution in [0.4, 0.5) is 4.79 Å². The highest BCUT2D eigenvalue weighted by Crippen LogP contribution is 2.11. The third-order valence-corrected chi connectivity index (χ3v) is 2.85. The average Bonchev–Trinajstić information content (AvgIpc) is 2.53. The van der Waals surface area contributed by atoms with Crippen LogP contribution in [0.2, 0.25) is 0 Å². The lowest BCUT2D eigenvalue weighted by Gasteiger charge is -2.12. The van der Waals surface area contributed by atoms with Gasteiger partial charge in [0.2, 0.25) is 5.88 Å². The number of nitrogens with zero attached hydrogens (tertiary/aromatic N) is 2. The van der Waals surface area contributed by atoms with Crippen LogP contribution in [0.3, 0.4) is 0 Å². The number of pyridine rings is 1. The van der Waals surface area contributed by atoms with Gasteiger partial charge >= 0.3 is 6.03 Å². The summed E-state index contributed by atoms with van der Waals surface area (Å²) < 4.78 is 5.51. The Labute approximate surface area is 122 Å². The molecular formula is C15H15N3O3. The van der Waals surface area contributed by atoms with Crippen molar-refractivity contribution in [3.05, 3.63) is 59.8 Å². The normalized spacial score (nSPS) is 9.95. The number of carbonyl (C=O) groups excluding carboxylic acids is 2. The number of hydrogen-bond donors (Lipinski definition) is 1.